The molecule has 2 aromatic rings. The number of amides is 1. The Morgan fingerprint density at radius 3 is 3.00 bits per heavy atom. The molecule has 5 nitrogen and oxygen atoms in total. The van der Waals surface area contributed by atoms with Crippen LogP contribution in [0.1, 0.15) is 41.0 Å². The van der Waals surface area contributed by atoms with Gasteiger partial charge in [-0.3, -0.25) is 4.79 Å². The molecule has 1 aliphatic rings. The fourth-order valence-corrected chi connectivity index (χ4v) is 4.43. The van der Waals surface area contributed by atoms with Gasteiger partial charge in [0.25, 0.3) is 5.91 Å². The number of ether oxygens (including phenoxy) is 2. The molecule has 1 saturated heterocycles. The van der Waals surface area contributed by atoms with Crippen LogP contribution in [0.4, 0.5) is 0 Å². The van der Waals surface area contributed by atoms with Crippen LogP contribution in [0.2, 0.25) is 0 Å². The van der Waals surface area contributed by atoms with E-state index in [2.05, 4.69) is 20.9 Å². The van der Waals surface area contributed by atoms with Crippen LogP contribution in [0.25, 0.3) is 0 Å². The van der Waals surface area contributed by atoms with Crippen LogP contribution >= 0.6 is 27.3 Å². The first-order chi connectivity index (χ1) is 12.1. The number of rotatable bonds is 5. The number of halogens is 1. The number of carbonyl (C=O) groups excluding carboxylic acids is 1. The van der Waals surface area contributed by atoms with Crippen LogP contribution in [0, 0.1) is 0 Å². The second-order valence-corrected chi connectivity index (χ2v) is 7.66. The number of thiazole rings is 1. The molecule has 0 aliphatic carbocycles. The normalized spacial score (nSPS) is 17.4. The van der Waals surface area contributed by atoms with E-state index < -0.39 is 0 Å². The molecular formula is C18H21BrN2O3S. The van der Waals surface area contributed by atoms with Gasteiger partial charge in [0.15, 0.2) is 11.5 Å². The van der Waals surface area contributed by atoms with Crippen molar-refractivity contribution in [2.24, 2.45) is 0 Å². The lowest BCUT2D eigenvalue weighted by Crippen LogP contribution is -2.39. The Kier molecular flexibility index (Phi) is 5.96. The van der Waals surface area contributed by atoms with Gasteiger partial charge in [-0.15, -0.1) is 11.3 Å². The van der Waals surface area contributed by atoms with Crippen LogP contribution in [-0.4, -0.2) is 42.6 Å². The molecule has 1 amide bonds. The number of aromatic nitrogens is 1. The standard InChI is InChI=1S/C18H21BrN2O3S/c1-3-24-16-14(19)9-13(10-15(16)23-2)18(22)21-7-4-5-12(11-21)17-20-6-8-25-17/h6,8-10,12H,3-5,7,11H2,1-2H3. The fraction of sp³-hybridized carbons (Fsp3) is 0.444. The van der Waals surface area contributed by atoms with E-state index in [4.69, 9.17) is 9.47 Å². The molecule has 25 heavy (non-hydrogen) atoms. The quantitative estimate of drug-likeness (QED) is 0.716. The van der Waals surface area contributed by atoms with E-state index in [1.54, 1.807) is 24.5 Å². The van der Waals surface area contributed by atoms with E-state index in [0.717, 1.165) is 28.9 Å². The van der Waals surface area contributed by atoms with Crippen LogP contribution in [0.15, 0.2) is 28.2 Å². The smallest absolute Gasteiger partial charge is 0.254 e. The number of carbonyl (C=O) groups is 1. The molecule has 7 heteroatoms. The maximum absolute atomic E-state index is 13.0. The van der Waals surface area contributed by atoms with Crippen molar-refractivity contribution >= 4 is 33.2 Å². The molecule has 0 N–H and O–H groups in total. The Labute approximate surface area is 160 Å². The third-order valence-electron chi connectivity index (χ3n) is 4.27. The van der Waals surface area contributed by atoms with Gasteiger partial charge in [-0.05, 0) is 47.8 Å². The van der Waals surface area contributed by atoms with Crippen LogP contribution in [0.5, 0.6) is 11.5 Å². The summed E-state index contributed by atoms with van der Waals surface area (Å²) >= 11 is 5.15. The Morgan fingerprint density at radius 2 is 2.32 bits per heavy atom. The predicted molar refractivity (Wildman–Crippen MR) is 102 cm³/mol. The summed E-state index contributed by atoms with van der Waals surface area (Å²) in [4.78, 5) is 19.3. The minimum absolute atomic E-state index is 0.0169. The minimum Gasteiger partial charge on any atom is -0.493 e. The highest BCUT2D eigenvalue weighted by molar-refractivity contribution is 9.10. The second kappa shape index (κ2) is 8.19. The van der Waals surface area contributed by atoms with E-state index >= 15 is 0 Å². The predicted octanol–water partition coefficient (Wildman–Crippen LogP) is 4.33. The summed E-state index contributed by atoms with van der Waals surface area (Å²) in [6, 6.07) is 3.56. The van der Waals surface area contributed by atoms with E-state index in [-0.39, 0.29) is 5.91 Å². The average Bonchev–Trinajstić information content (AvgIpc) is 3.17. The van der Waals surface area contributed by atoms with Gasteiger partial charge in [-0.1, -0.05) is 0 Å². The molecule has 1 aliphatic heterocycles. The third kappa shape index (κ3) is 3.98. The van der Waals surface area contributed by atoms with Gasteiger partial charge >= 0.3 is 0 Å². The van der Waals surface area contributed by atoms with Crippen LogP contribution in [0.3, 0.4) is 0 Å². The van der Waals surface area contributed by atoms with Crippen molar-refractivity contribution in [1.29, 1.82) is 0 Å². The van der Waals surface area contributed by atoms with E-state index in [1.165, 1.54) is 0 Å². The number of benzene rings is 1. The van der Waals surface area contributed by atoms with E-state index in [0.29, 0.717) is 36.1 Å². The molecule has 134 valence electrons. The molecule has 1 aromatic carbocycles. The molecule has 1 fully saturated rings. The Hall–Kier alpha value is -1.60. The molecule has 0 spiro atoms. The van der Waals surface area contributed by atoms with Crippen molar-refractivity contribution in [3.8, 4) is 11.5 Å². The maximum atomic E-state index is 13.0. The highest BCUT2D eigenvalue weighted by Crippen LogP contribution is 2.37. The summed E-state index contributed by atoms with van der Waals surface area (Å²) < 4.78 is 11.7. The molecule has 0 radical (unpaired) electrons. The molecule has 3 rings (SSSR count). The Morgan fingerprint density at radius 1 is 1.48 bits per heavy atom. The van der Waals surface area contributed by atoms with Gasteiger partial charge in [-0.2, -0.15) is 0 Å². The van der Waals surface area contributed by atoms with Crippen molar-refractivity contribution in [3.63, 3.8) is 0 Å². The lowest BCUT2D eigenvalue weighted by atomic mass is 9.98. The second-order valence-electron chi connectivity index (χ2n) is 5.88. The average molecular weight is 425 g/mol. The summed E-state index contributed by atoms with van der Waals surface area (Å²) in [5, 5.41) is 3.10. The van der Waals surface area contributed by atoms with E-state index in [9.17, 15) is 4.79 Å². The molecule has 1 aromatic heterocycles. The largest absolute Gasteiger partial charge is 0.493 e. The Balaban J connectivity index is 1.81. The molecule has 0 bridgehead atoms. The SMILES string of the molecule is CCOc1c(Br)cc(C(=O)N2CCCC(c3nccs3)C2)cc1OC. The highest BCUT2D eigenvalue weighted by atomic mass is 79.9. The Bertz CT molecular complexity index is 736. The molecule has 1 unspecified atom stereocenters. The van der Waals surface area contributed by atoms with Gasteiger partial charge in [0.2, 0.25) is 0 Å². The summed E-state index contributed by atoms with van der Waals surface area (Å²) in [6.45, 7) is 3.93. The van der Waals surface area contributed by atoms with Gasteiger partial charge in [-0.25, -0.2) is 4.98 Å². The zero-order valence-electron chi connectivity index (χ0n) is 14.3. The summed E-state index contributed by atoms with van der Waals surface area (Å²) in [5.74, 6) is 1.53. The topological polar surface area (TPSA) is 51.7 Å². The third-order valence-corrected chi connectivity index (χ3v) is 5.80. The fourth-order valence-electron chi connectivity index (χ4n) is 3.11. The van der Waals surface area contributed by atoms with Crippen molar-refractivity contribution in [3.05, 3.63) is 38.8 Å². The molecule has 1 atom stereocenters. The lowest BCUT2D eigenvalue weighted by Gasteiger charge is -2.32. The molecule has 0 saturated carbocycles. The maximum Gasteiger partial charge on any atom is 0.254 e. The number of likely N-dealkylation sites (tertiary alicyclic amines) is 1. The zero-order valence-corrected chi connectivity index (χ0v) is 16.7. The van der Waals surface area contributed by atoms with Crippen molar-refractivity contribution in [2.45, 2.75) is 25.7 Å². The van der Waals surface area contributed by atoms with E-state index in [1.807, 2.05) is 29.5 Å². The monoisotopic (exact) mass is 424 g/mol. The first kappa shape index (κ1) is 18.2. The van der Waals surface area contributed by atoms with Gasteiger partial charge in [0.1, 0.15) is 0 Å². The number of hydrogen-bond donors (Lipinski definition) is 0. The summed E-state index contributed by atoms with van der Waals surface area (Å²) in [7, 11) is 1.58. The van der Waals surface area contributed by atoms with Gasteiger partial charge < -0.3 is 14.4 Å². The molecule has 2 heterocycles. The minimum atomic E-state index is 0.0169. The zero-order chi connectivity index (χ0) is 17.8. The number of piperidine rings is 1. The van der Waals surface area contributed by atoms with Crippen LogP contribution < -0.4 is 9.47 Å². The lowest BCUT2D eigenvalue weighted by molar-refractivity contribution is 0.0706. The van der Waals surface area contributed by atoms with Crippen molar-refractivity contribution < 1.29 is 14.3 Å². The van der Waals surface area contributed by atoms with Crippen LogP contribution in [-0.2, 0) is 0 Å². The van der Waals surface area contributed by atoms with Crippen molar-refractivity contribution in [1.82, 2.24) is 9.88 Å². The summed E-state index contributed by atoms with van der Waals surface area (Å²) in [5.41, 5.74) is 0.604. The number of methoxy groups -OCH3 is 1. The van der Waals surface area contributed by atoms with Gasteiger partial charge in [0, 0.05) is 36.1 Å². The van der Waals surface area contributed by atoms with Crippen molar-refractivity contribution in [2.75, 3.05) is 26.8 Å². The molecular weight excluding hydrogens is 404 g/mol. The number of hydrogen-bond acceptors (Lipinski definition) is 5. The first-order valence-corrected chi connectivity index (χ1v) is 10.00. The first-order valence-electron chi connectivity index (χ1n) is 8.33. The number of nitrogens with zero attached hydrogens (tertiary/aromatic N) is 2. The highest BCUT2D eigenvalue weighted by Gasteiger charge is 2.27. The summed E-state index contributed by atoms with van der Waals surface area (Å²) in [6.07, 6.45) is 3.90. The van der Waals surface area contributed by atoms with Gasteiger partial charge in [0.05, 0.1) is 23.2 Å².